The van der Waals surface area contributed by atoms with Crippen LogP contribution in [0, 0.1) is 3.57 Å². The third-order valence-electron chi connectivity index (χ3n) is 5.02. The molecule has 10 heteroatoms. The van der Waals surface area contributed by atoms with Crippen LogP contribution in [-0.2, 0) is 6.61 Å². The second kappa shape index (κ2) is 11.9. The number of methoxy groups -OCH3 is 1. The minimum absolute atomic E-state index is 0.147. The number of halogens is 3. The van der Waals surface area contributed by atoms with Crippen molar-refractivity contribution in [3.63, 3.8) is 0 Å². The monoisotopic (exact) mass is 638 g/mol. The highest BCUT2D eigenvalue weighted by molar-refractivity contribution is 14.1. The van der Waals surface area contributed by atoms with Gasteiger partial charge in [-0.15, -0.1) is 0 Å². The van der Waals surface area contributed by atoms with Crippen LogP contribution in [0.4, 0.5) is 0 Å². The predicted molar refractivity (Wildman–Crippen MR) is 149 cm³/mol. The Balaban J connectivity index is 1.43. The number of amides is 1. The fraction of sp³-hybridized carbons (Fsp3) is 0.154. The SMILES string of the molecule is CCOc1ccc2oc(C(=O)N/N=C/c3cc(I)c(OCc4ccc(Cl)c(Cl)c4)c(OC)c3)cc2c1. The molecule has 0 saturated carbocycles. The number of hydrogen-bond donors (Lipinski definition) is 1. The van der Waals surface area contributed by atoms with E-state index in [2.05, 4.69) is 33.1 Å². The lowest BCUT2D eigenvalue weighted by Crippen LogP contribution is -2.16. The van der Waals surface area contributed by atoms with Crippen molar-refractivity contribution in [3.8, 4) is 17.2 Å². The molecule has 0 aliphatic rings. The molecular formula is C26H21Cl2IN2O5. The molecule has 0 radical (unpaired) electrons. The molecule has 1 N–H and O–H groups in total. The fourth-order valence-electron chi connectivity index (χ4n) is 3.35. The normalized spacial score (nSPS) is 11.1. The summed E-state index contributed by atoms with van der Waals surface area (Å²) < 4.78 is 23.4. The number of hydrogen-bond acceptors (Lipinski definition) is 6. The van der Waals surface area contributed by atoms with Gasteiger partial charge in [0, 0.05) is 5.39 Å². The Labute approximate surface area is 231 Å². The first-order chi connectivity index (χ1) is 17.4. The Morgan fingerprint density at radius 1 is 1.08 bits per heavy atom. The highest BCUT2D eigenvalue weighted by Gasteiger charge is 2.14. The first-order valence-electron chi connectivity index (χ1n) is 10.8. The molecule has 0 fully saturated rings. The zero-order chi connectivity index (χ0) is 25.7. The van der Waals surface area contributed by atoms with E-state index in [1.165, 1.54) is 6.21 Å². The molecule has 3 aromatic carbocycles. The molecule has 4 rings (SSSR count). The number of benzene rings is 3. The average Bonchev–Trinajstić information content (AvgIpc) is 3.29. The van der Waals surface area contributed by atoms with E-state index in [1.54, 1.807) is 43.5 Å². The lowest BCUT2D eigenvalue weighted by Gasteiger charge is -2.14. The molecule has 1 heterocycles. The van der Waals surface area contributed by atoms with Crippen molar-refractivity contribution < 1.29 is 23.4 Å². The van der Waals surface area contributed by atoms with E-state index in [0.29, 0.717) is 45.0 Å². The number of carbonyl (C=O) groups is 1. The number of nitrogens with one attached hydrogen (secondary N) is 1. The number of nitrogens with zero attached hydrogens (tertiary/aromatic N) is 1. The van der Waals surface area contributed by atoms with Gasteiger partial charge in [-0.2, -0.15) is 5.10 Å². The van der Waals surface area contributed by atoms with Gasteiger partial charge in [-0.25, -0.2) is 5.43 Å². The van der Waals surface area contributed by atoms with Crippen LogP contribution in [0.5, 0.6) is 17.2 Å². The molecule has 0 atom stereocenters. The Hall–Kier alpha value is -2.95. The molecular weight excluding hydrogens is 618 g/mol. The second-order valence-electron chi connectivity index (χ2n) is 7.51. The van der Waals surface area contributed by atoms with Gasteiger partial charge in [0.2, 0.25) is 0 Å². The molecule has 1 amide bonds. The lowest BCUT2D eigenvalue weighted by molar-refractivity contribution is 0.0929. The molecule has 186 valence electrons. The van der Waals surface area contributed by atoms with Crippen LogP contribution < -0.4 is 19.6 Å². The van der Waals surface area contributed by atoms with Crippen molar-refractivity contribution in [1.82, 2.24) is 5.43 Å². The standard InChI is InChI=1S/C26H21Cl2IN2O5/c1-3-34-18-5-7-22-17(11-18)12-24(36-22)26(32)31-30-13-16-9-21(29)25(23(10-16)33-2)35-14-15-4-6-19(27)20(28)8-15/h4-13H,3,14H2,1-2H3,(H,31,32)/b30-13+. The van der Waals surface area contributed by atoms with Crippen LogP contribution in [-0.4, -0.2) is 25.8 Å². The lowest BCUT2D eigenvalue weighted by atomic mass is 10.2. The number of ether oxygens (including phenoxy) is 3. The van der Waals surface area contributed by atoms with E-state index >= 15 is 0 Å². The number of carbonyl (C=O) groups excluding carboxylic acids is 1. The molecule has 0 spiro atoms. The number of fused-ring (bicyclic) bond motifs is 1. The van der Waals surface area contributed by atoms with Gasteiger partial charge in [0.15, 0.2) is 17.3 Å². The van der Waals surface area contributed by atoms with Gasteiger partial charge in [0.05, 0.1) is 33.5 Å². The van der Waals surface area contributed by atoms with Crippen LogP contribution in [0.3, 0.4) is 0 Å². The zero-order valence-electron chi connectivity index (χ0n) is 19.3. The molecule has 7 nitrogen and oxygen atoms in total. The summed E-state index contributed by atoms with van der Waals surface area (Å²) in [6.07, 6.45) is 1.52. The van der Waals surface area contributed by atoms with E-state index in [4.69, 9.17) is 41.8 Å². The summed E-state index contributed by atoms with van der Waals surface area (Å²) in [6, 6.07) is 16.0. The summed E-state index contributed by atoms with van der Waals surface area (Å²) in [7, 11) is 1.55. The summed E-state index contributed by atoms with van der Waals surface area (Å²) in [5.74, 6) is 1.50. The van der Waals surface area contributed by atoms with Crippen LogP contribution in [0.1, 0.15) is 28.6 Å². The third kappa shape index (κ3) is 6.24. The van der Waals surface area contributed by atoms with E-state index in [0.717, 1.165) is 14.5 Å². The summed E-state index contributed by atoms with van der Waals surface area (Å²) in [6.45, 7) is 2.75. The van der Waals surface area contributed by atoms with Gasteiger partial charge in [-0.3, -0.25) is 4.79 Å². The van der Waals surface area contributed by atoms with Crippen molar-refractivity contribution in [1.29, 1.82) is 0 Å². The van der Waals surface area contributed by atoms with Crippen LogP contribution in [0.2, 0.25) is 10.0 Å². The maximum atomic E-state index is 12.5. The topological polar surface area (TPSA) is 82.3 Å². The van der Waals surface area contributed by atoms with E-state index in [9.17, 15) is 4.79 Å². The number of hydrazone groups is 1. The predicted octanol–water partition coefficient (Wildman–Crippen LogP) is 7.09. The highest BCUT2D eigenvalue weighted by atomic mass is 127. The van der Waals surface area contributed by atoms with Crippen molar-refractivity contribution in [2.45, 2.75) is 13.5 Å². The maximum absolute atomic E-state index is 12.5. The summed E-state index contributed by atoms with van der Waals surface area (Å²) >= 11 is 14.2. The Morgan fingerprint density at radius 3 is 2.67 bits per heavy atom. The molecule has 1 aromatic heterocycles. The van der Waals surface area contributed by atoms with Crippen molar-refractivity contribution in [2.24, 2.45) is 5.10 Å². The van der Waals surface area contributed by atoms with Gasteiger partial charge >= 0.3 is 5.91 Å². The highest BCUT2D eigenvalue weighted by Crippen LogP contribution is 2.34. The minimum Gasteiger partial charge on any atom is -0.494 e. The first-order valence-corrected chi connectivity index (χ1v) is 12.7. The Bertz CT molecular complexity index is 1440. The molecule has 0 bridgehead atoms. The van der Waals surface area contributed by atoms with E-state index < -0.39 is 5.91 Å². The second-order valence-corrected chi connectivity index (χ2v) is 9.49. The Morgan fingerprint density at radius 2 is 1.92 bits per heavy atom. The summed E-state index contributed by atoms with van der Waals surface area (Å²) in [4.78, 5) is 12.5. The summed E-state index contributed by atoms with van der Waals surface area (Å²) in [5.41, 5.74) is 4.65. The molecule has 4 aromatic rings. The quantitative estimate of drug-likeness (QED) is 0.120. The van der Waals surface area contributed by atoms with Crippen LogP contribution >= 0.6 is 45.8 Å². The smallest absolute Gasteiger partial charge is 0.307 e. The Kier molecular flexibility index (Phi) is 8.60. The third-order valence-corrected chi connectivity index (χ3v) is 6.56. The van der Waals surface area contributed by atoms with E-state index in [-0.39, 0.29) is 12.4 Å². The minimum atomic E-state index is -0.469. The zero-order valence-corrected chi connectivity index (χ0v) is 23.0. The average molecular weight is 639 g/mol. The molecule has 0 aliphatic heterocycles. The first kappa shape index (κ1) is 26.1. The van der Waals surface area contributed by atoms with Crippen LogP contribution in [0.15, 0.2) is 64.1 Å². The van der Waals surface area contributed by atoms with Crippen molar-refractivity contribution in [2.75, 3.05) is 13.7 Å². The van der Waals surface area contributed by atoms with Crippen molar-refractivity contribution in [3.05, 3.63) is 85.1 Å². The van der Waals surface area contributed by atoms with Crippen LogP contribution in [0.25, 0.3) is 11.0 Å². The molecule has 0 unspecified atom stereocenters. The number of rotatable bonds is 9. The van der Waals surface area contributed by atoms with Gasteiger partial charge in [0.1, 0.15) is 17.9 Å². The maximum Gasteiger partial charge on any atom is 0.307 e. The molecule has 0 aliphatic carbocycles. The van der Waals surface area contributed by atoms with E-state index in [1.807, 2.05) is 25.1 Å². The number of furan rings is 1. The molecule has 36 heavy (non-hydrogen) atoms. The summed E-state index contributed by atoms with van der Waals surface area (Å²) in [5, 5.41) is 5.78. The van der Waals surface area contributed by atoms with Gasteiger partial charge < -0.3 is 18.6 Å². The van der Waals surface area contributed by atoms with Gasteiger partial charge in [0.25, 0.3) is 0 Å². The molecule has 0 saturated heterocycles. The van der Waals surface area contributed by atoms with Gasteiger partial charge in [-0.05, 0) is 89.2 Å². The van der Waals surface area contributed by atoms with Crippen molar-refractivity contribution >= 4 is 68.9 Å². The largest absolute Gasteiger partial charge is 0.494 e. The van der Waals surface area contributed by atoms with Gasteiger partial charge in [-0.1, -0.05) is 29.3 Å². The fourth-order valence-corrected chi connectivity index (χ4v) is 4.45.